The lowest BCUT2D eigenvalue weighted by molar-refractivity contribution is 0.777. The minimum absolute atomic E-state index is 0.417. The van der Waals surface area contributed by atoms with E-state index in [1.54, 1.807) is 0 Å². The van der Waals surface area contributed by atoms with Gasteiger partial charge in [-0.2, -0.15) is 0 Å². The van der Waals surface area contributed by atoms with Crippen molar-refractivity contribution >= 4 is 15.2 Å². The summed E-state index contributed by atoms with van der Waals surface area (Å²) in [7, 11) is 0.835. The summed E-state index contributed by atoms with van der Waals surface area (Å²) in [6.07, 6.45) is 6.13. The van der Waals surface area contributed by atoms with Crippen LogP contribution < -0.4 is 0 Å². The lowest BCUT2D eigenvalue weighted by Crippen LogP contribution is -2.03. The summed E-state index contributed by atoms with van der Waals surface area (Å²) in [6.45, 7) is 10.1. The van der Waals surface area contributed by atoms with E-state index in [4.69, 9.17) is 0 Å². The average Bonchev–Trinajstić information content (AvgIpc) is 2.60. The van der Waals surface area contributed by atoms with Gasteiger partial charge in [-0.05, 0) is 48.3 Å². The predicted octanol–water partition coefficient (Wildman–Crippen LogP) is 5.01. The van der Waals surface area contributed by atoms with E-state index in [9.17, 15) is 0 Å². The van der Waals surface area contributed by atoms with Crippen molar-refractivity contribution in [3.05, 3.63) is 0 Å². The smallest absolute Gasteiger partial charge is 0.0196 e. The molecular weight excluding hydrogens is 206 g/mol. The predicted molar refractivity (Wildman–Crippen MR) is 70.2 cm³/mol. The Morgan fingerprint density at radius 2 is 0.786 bits per heavy atom. The maximum Gasteiger partial charge on any atom is -0.0196 e. The Kier molecular flexibility index (Phi) is 3.56. The summed E-state index contributed by atoms with van der Waals surface area (Å²) in [4.78, 5) is 0. The van der Waals surface area contributed by atoms with Crippen LogP contribution in [0.1, 0.15) is 53.4 Å². The first-order valence-electron chi connectivity index (χ1n) is 6.18. The molecular formula is C12H24P2. The van der Waals surface area contributed by atoms with E-state index in [0.717, 1.165) is 22.6 Å². The molecule has 0 aromatic rings. The van der Waals surface area contributed by atoms with Gasteiger partial charge in [-0.15, -0.1) is 0 Å². The van der Waals surface area contributed by atoms with Crippen LogP contribution in [0.15, 0.2) is 0 Å². The molecule has 0 aliphatic carbocycles. The summed E-state index contributed by atoms with van der Waals surface area (Å²) in [5, 5.41) is 0. The van der Waals surface area contributed by atoms with Gasteiger partial charge >= 0.3 is 0 Å². The van der Waals surface area contributed by atoms with E-state index in [-0.39, 0.29) is 0 Å². The van der Waals surface area contributed by atoms with Crippen molar-refractivity contribution in [2.45, 2.75) is 76.0 Å². The quantitative estimate of drug-likeness (QED) is 0.555. The molecule has 0 radical (unpaired) electrons. The van der Waals surface area contributed by atoms with Crippen molar-refractivity contribution in [1.29, 1.82) is 0 Å². The van der Waals surface area contributed by atoms with E-state index < -0.39 is 0 Å². The fraction of sp³-hybridized carbons (Fsp3) is 1.00. The van der Waals surface area contributed by atoms with Gasteiger partial charge in [0, 0.05) is 0 Å². The molecule has 0 nitrogen and oxygen atoms in total. The van der Waals surface area contributed by atoms with Crippen molar-refractivity contribution in [2.24, 2.45) is 0 Å². The Morgan fingerprint density at radius 1 is 0.571 bits per heavy atom. The standard InChI is InChI=1S/C12H24P2/c1-9-5-6-10(2)13(9)14-11(3)7-8-12(14)4/h9-12H,5-8H2,1-4H3/t9-,10-,11-,12-/m0/s1. The molecule has 0 aromatic carbocycles. The molecule has 2 heteroatoms. The second kappa shape index (κ2) is 4.39. The van der Waals surface area contributed by atoms with Gasteiger partial charge in [-0.1, -0.05) is 42.9 Å². The minimum atomic E-state index is 0.417. The van der Waals surface area contributed by atoms with Crippen LogP contribution in [-0.4, -0.2) is 22.6 Å². The molecule has 0 spiro atoms. The molecule has 0 unspecified atom stereocenters. The molecule has 0 N–H and O–H groups in total. The van der Waals surface area contributed by atoms with Gasteiger partial charge in [0.1, 0.15) is 0 Å². The molecule has 2 saturated heterocycles. The molecule has 14 heavy (non-hydrogen) atoms. The van der Waals surface area contributed by atoms with Crippen LogP contribution in [-0.2, 0) is 0 Å². The Bertz CT molecular complexity index is 162. The zero-order chi connectivity index (χ0) is 10.3. The van der Waals surface area contributed by atoms with E-state index in [1.807, 2.05) is 0 Å². The van der Waals surface area contributed by atoms with Gasteiger partial charge in [0.25, 0.3) is 0 Å². The monoisotopic (exact) mass is 230 g/mol. The first-order chi connectivity index (χ1) is 6.61. The molecule has 0 bridgehead atoms. The molecule has 4 atom stereocenters. The first kappa shape index (κ1) is 11.3. The molecule has 82 valence electrons. The second-order valence-electron chi connectivity index (χ2n) is 5.31. The highest BCUT2D eigenvalue weighted by molar-refractivity contribution is 8.31. The fourth-order valence-electron chi connectivity index (χ4n) is 3.27. The molecule has 0 aromatic heterocycles. The van der Waals surface area contributed by atoms with Crippen LogP contribution in [0.25, 0.3) is 0 Å². The lowest BCUT2D eigenvalue weighted by Gasteiger charge is -2.34. The van der Waals surface area contributed by atoms with Gasteiger partial charge in [0.15, 0.2) is 0 Å². The molecule has 2 aliphatic heterocycles. The third kappa shape index (κ3) is 1.90. The summed E-state index contributed by atoms with van der Waals surface area (Å²) in [5.41, 5.74) is 4.37. The van der Waals surface area contributed by atoms with Crippen molar-refractivity contribution in [2.75, 3.05) is 0 Å². The number of rotatable bonds is 1. The Balaban J connectivity index is 2.12. The number of hydrogen-bond donors (Lipinski definition) is 0. The van der Waals surface area contributed by atoms with Crippen molar-refractivity contribution in [1.82, 2.24) is 0 Å². The Morgan fingerprint density at radius 3 is 1.00 bits per heavy atom. The molecule has 0 saturated carbocycles. The van der Waals surface area contributed by atoms with Gasteiger partial charge in [-0.3, -0.25) is 0 Å². The first-order valence-corrected chi connectivity index (χ1v) is 9.84. The lowest BCUT2D eigenvalue weighted by atomic mass is 10.2. The highest BCUT2D eigenvalue weighted by Gasteiger charge is 2.42. The van der Waals surface area contributed by atoms with Gasteiger partial charge < -0.3 is 0 Å². The third-order valence-corrected chi connectivity index (χ3v) is 15.6. The van der Waals surface area contributed by atoms with Crippen LogP contribution >= 0.6 is 15.2 Å². The van der Waals surface area contributed by atoms with Gasteiger partial charge in [0.2, 0.25) is 0 Å². The second-order valence-corrected chi connectivity index (χ2v) is 13.1. The van der Waals surface area contributed by atoms with Crippen molar-refractivity contribution in [3.8, 4) is 0 Å². The number of hydrogen-bond acceptors (Lipinski definition) is 0. The highest BCUT2D eigenvalue weighted by Crippen LogP contribution is 2.84. The SMILES string of the molecule is C[C@H]1CC[C@H](C)P1P1[C@@H](C)CC[C@@H]1C. The summed E-state index contributed by atoms with van der Waals surface area (Å²) in [5.74, 6) is 0. The zero-order valence-corrected chi connectivity index (χ0v) is 11.8. The Labute approximate surface area is 91.6 Å². The van der Waals surface area contributed by atoms with Gasteiger partial charge in [-0.25, -0.2) is 0 Å². The highest BCUT2D eigenvalue weighted by atomic mass is 32.1. The van der Waals surface area contributed by atoms with E-state index in [1.165, 1.54) is 25.7 Å². The fourth-order valence-corrected chi connectivity index (χ4v) is 15.3. The van der Waals surface area contributed by atoms with Crippen LogP contribution in [0.2, 0.25) is 0 Å². The zero-order valence-electron chi connectivity index (χ0n) is 10.0. The maximum atomic E-state index is 2.54. The third-order valence-electron chi connectivity index (χ3n) is 4.08. The Hall–Kier alpha value is 0.860. The molecule has 2 heterocycles. The molecule has 2 aliphatic rings. The van der Waals surface area contributed by atoms with E-state index in [0.29, 0.717) is 15.2 Å². The molecule has 2 fully saturated rings. The van der Waals surface area contributed by atoms with Crippen molar-refractivity contribution in [3.63, 3.8) is 0 Å². The summed E-state index contributed by atoms with van der Waals surface area (Å²) < 4.78 is 0. The summed E-state index contributed by atoms with van der Waals surface area (Å²) >= 11 is 0. The van der Waals surface area contributed by atoms with E-state index >= 15 is 0 Å². The molecule has 2 rings (SSSR count). The van der Waals surface area contributed by atoms with Gasteiger partial charge in [0.05, 0.1) is 0 Å². The van der Waals surface area contributed by atoms with Crippen LogP contribution in [0.4, 0.5) is 0 Å². The van der Waals surface area contributed by atoms with Crippen molar-refractivity contribution < 1.29 is 0 Å². The normalized spacial score (nSPS) is 46.3. The minimum Gasteiger partial charge on any atom is -0.0747 e. The summed E-state index contributed by atoms with van der Waals surface area (Å²) in [6, 6.07) is 0. The van der Waals surface area contributed by atoms with Crippen LogP contribution in [0, 0.1) is 0 Å². The topological polar surface area (TPSA) is 0 Å². The van der Waals surface area contributed by atoms with Crippen LogP contribution in [0.3, 0.4) is 0 Å². The molecule has 0 amide bonds. The largest absolute Gasteiger partial charge is 0.0747 e. The average molecular weight is 230 g/mol. The van der Waals surface area contributed by atoms with Crippen LogP contribution in [0.5, 0.6) is 0 Å². The van der Waals surface area contributed by atoms with E-state index in [2.05, 4.69) is 27.7 Å². The maximum absolute atomic E-state index is 2.54.